The van der Waals surface area contributed by atoms with Gasteiger partial charge in [-0.2, -0.15) is 5.10 Å². The first-order chi connectivity index (χ1) is 15.2. The molecule has 0 fully saturated rings. The lowest BCUT2D eigenvalue weighted by Crippen LogP contribution is -2.22. The molecule has 5 nitrogen and oxygen atoms in total. The summed E-state index contributed by atoms with van der Waals surface area (Å²) in [7, 11) is 0. The third kappa shape index (κ3) is 3.73. The zero-order chi connectivity index (χ0) is 21.2. The molecule has 2 heterocycles. The second kappa shape index (κ2) is 7.95. The molecule has 4 aromatic rings. The second-order valence-electron chi connectivity index (χ2n) is 7.60. The highest BCUT2D eigenvalue weighted by molar-refractivity contribution is 6.08. The molecule has 1 atom stereocenters. The number of hydrogen-bond acceptors (Lipinski definition) is 3. The van der Waals surface area contributed by atoms with Gasteiger partial charge >= 0.3 is 0 Å². The molecule has 1 amide bonds. The number of nitrogens with one attached hydrogen (secondary N) is 2. The van der Waals surface area contributed by atoms with E-state index in [0.29, 0.717) is 11.4 Å². The lowest BCUT2D eigenvalue weighted by molar-refractivity contribution is 0.102. The SMILES string of the molecule is Cc1ccc([C@@H]2C=C(c3ccccc3)Nc3c(C(=O)Nc4ccccc4)cnn32)cc1. The van der Waals surface area contributed by atoms with E-state index < -0.39 is 0 Å². The maximum Gasteiger partial charge on any atom is 0.261 e. The molecular weight excluding hydrogens is 384 g/mol. The molecule has 152 valence electrons. The van der Waals surface area contributed by atoms with Gasteiger partial charge in [0.1, 0.15) is 11.4 Å². The number of carbonyl (C=O) groups excluding carboxylic acids is 1. The van der Waals surface area contributed by atoms with Crippen molar-refractivity contribution < 1.29 is 4.79 Å². The van der Waals surface area contributed by atoms with Crippen LogP contribution >= 0.6 is 0 Å². The number of fused-ring (bicyclic) bond motifs is 1. The number of para-hydroxylation sites is 1. The molecule has 2 N–H and O–H groups in total. The summed E-state index contributed by atoms with van der Waals surface area (Å²) in [5.41, 5.74) is 5.57. The van der Waals surface area contributed by atoms with Crippen LogP contribution in [0, 0.1) is 6.92 Å². The minimum absolute atomic E-state index is 0.120. The Kier molecular flexibility index (Phi) is 4.84. The fraction of sp³-hybridized carbons (Fsp3) is 0.0769. The number of nitrogens with zero attached hydrogens (tertiary/aromatic N) is 2. The maximum atomic E-state index is 13.1. The molecule has 1 aromatic heterocycles. The van der Waals surface area contributed by atoms with Crippen LogP contribution in [0.2, 0.25) is 0 Å². The Hall–Kier alpha value is -4.12. The lowest BCUT2D eigenvalue weighted by Gasteiger charge is -2.26. The molecule has 0 aliphatic carbocycles. The van der Waals surface area contributed by atoms with Gasteiger partial charge in [-0.25, -0.2) is 4.68 Å². The van der Waals surface area contributed by atoms with Crippen LogP contribution < -0.4 is 10.6 Å². The molecule has 3 aromatic carbocycles. The first-order valence-electron chi connectivity index (χ1n) is 10.2. The fourth-order valence-electron chi connectivity index (χ4n) is 3.77. The van der Waals surface area contributed by atoms with Crippen molar-refractivity contribution in [3.8, 4) is 0 Å². The van der Waals surface area contributed by atoms with E-state index in [4.69, 9.17) is 0 Å². The van der Waals surface area contributed by atoms with Gasteiger partial charge in [-0.15, -0.1) is 0 Å². The topological polar surface area (TPSA) is 59.0 Å². The van der Waals surface area contributed by atoms with Crippen LogP contribution in [-0.2, 0) is 0 Å². The van der Waals surface area contributed by atoms with Gasteiger partial charge < -0.3 is 10.6 Å². The van der Waals surface area contributed by atoms with Crippen LogP contribution in [0.4, 0.5) is 11.5 Å². The van der Waals surface area contributed by atoms with Crippen LogP contribution in [-0.4, -0.2) is 15.7 Å². The van der Waals surface area contributed by atoms with Crippen LogP contribution in [0.3, 0.4) is 0 Å². The van der Waals surface area contributed by atoms with E-state index >= 15 is 0 Å². The van der Waals surface area contributed by atoms with Gasteiger partial charge in [0, 0.05) is 11.4 Å². The van der Waals surface area contributed by atoms with Gasteiger partial charge in [-0.05, 0) is 36.3 Å². The molecule has 0 saturated heterocycles. The molecule has 0 saturated carbocycles. The summed E-state index contributed by atoms with van der Waals surface area (Å²) in [5.74, 6) is 0.484. The summed E-state index contributed by atoms with van der Waals surface area (Å²) in [5, 5.41) is 11.0. The Labute approximate surface area is 181 Å². The summed E-state index contributed by atoms with van der Waals surface area (Å²) in [6.45, 7) is 2.07. The van der Waals surface area contributed by atoms with Crippen molar-refractivity contribution in [2.24, 2.45) is 0 Å². The number of allylic oxidation sites excluding steroid dienone is 1. The smallest absolute Gasteiger partial charge is 0.261 e. The Morgan fingerprint density at radius 1 is 0.935 bits per heavy atom. The summed E-state index contributed by atoms with van der Waals surface area (Å²) >= 11 is 0. The monoisotopic (exact) mass is 406 g/mol. The number of aromatic nitrogens is 2. The minimum Gasteiger partial charge on any atom is -0.339 e. The molecule has 31 heavy (non-hydrogen) atoms. The molecule has 1 aliphatic rings. The van der Waals surface area contributed by atoms with Crippen LogP contribution in [0.15, 0.2) is 97.2 Å². The third-order valence-corrected chi connectivity index (χ3v) is 5.42. The van der Waals surface area contributed by atoms with E-state index in [-0.39, 0.29) is 11.9 Å². The molecule has 0 unspecified atom stereocenters. The van der Waals surface area contributed by atoms with Crippen molar-refractivity contribution in [2.75, 3.05) is 10.6 Å². The maximum absolute atomic E-state index is 13.1. The number of amides is 1. The highest BCUT2D eigenvalue weighted by Crippen LogP contribution is 2.35. The van der Waals surface area contributed by atoms with Crippen LogP contribution in [0.1, 0.15) is 33.1 Å². The van der Waals surface area contributed by atoms with Gasteiger partial charge in [-0.1, -0.05) is 78.4 Å². The summed E-state index contributed by atoms with van der Waals surface area (Å²) in [6.07, 6.45) is 3.78. The van der Waals surface area contributed by atoms with E-state index in [2.05, 4.69) is 65.1 Å². The van der Waals surface area contributed by atoms with E-state index in [0.717, 1.165) is 22.5 Å². The van der Waals surface area contributed by atoms with Gasteiger partial charge in [-0.3, -0.25) is 4.79 Å². The molecule has 0 bridgehead atoms. The highest BCUT2D eigenvalue weighted by atomic mass is 16.1. The second-order valence-corrected chi connectivity index (χ2v) is 7.60. The first-order valence-corrected chi connectivity index (χ1v) is 10.2. The largest absolute Gasteiger partial charge is 0.339 e. The number of aryl methyl sites for hydroxylation is 1. The van der Waals surface area contributed by atoms with E-state index in [1.807, 2.05) is 53.2 Å². The Bertz CT molecular complexity index is 1240. The Balaban J connectivity index is 1.56. The number of carbonyl (C=O) groups is 1. The predicted octanol–water partition coefficient (Wildman–Crippen LogP) is 5.50. The fourth-order valence-corrected chi connectivity index (χ4v) is 3.77. The zero-order valence-electron chi connectivity index (χ0n) is 17.1. The molecule has 1 aliphatic heterocycles. The number of hydrogen-bond donors (Lipinski definition) is 2. The van der Waals surface area contributed by atoms with Crippen LogP contribution in [0.5, 0.6) is 0 Å². The summed E-state index contributed by atoms with van der Waals surface area (Å²) < 4.78 is 1.87. The molecule has 0 spiro atoms. The van der Waals surface area contributed by atoms with Gasteiger partial charge in [0.25, 0.3) is 5.91 Å². The Morgan fingerprint density at radius 2 is 1.61 bits per heavy atom. The average Bonchev–Trinajstić information content (AvgIpc) is 3.24. The quantitative estimate of drug-likeness (QED) is 0.470. The number of benzene rings is 3. The van der Waals surface area contributed by atoms with Gasteiger partial charge in [0.05, 0.1) is 12.2 Å². The van der Waals surface area contributed by atoms with Crippen molar-refractivity contribution >= 4 is 23.1 Å². The van der Waals surface area contributed by atoms with Crippen molar-refractivity contribution in [1.82, 2.24) is 9.78 Å². The minimum atomic E-state index is -0.197. The summed E-state index contributed by atoms with van der Waals surface area (Å²) in [4.78, 5) is 13.1. The first kappa shape index (κ1) is 18.9. The number of anilines is 2. The molecule has 5 rings (SSSR count). The lowest BCUT2D eigenvalue weighted by atomic mass is 10.00. The molecular formula is C26H22N4O. The average molecular weight is 406 g/mol. The van der Waals surface area contributed by atoms with Crippen molar-refractivity contribution in [3.05, 3.63) is 119 Å². The van der Waals surface area contributed by atoms with Gasteiger partial charge in [0.2, 0.25) is 0 Å². The normalized spacial score (nSPS) is 14.9. The number of rotatable bonds is 4. The van der Waals surface area contributed by atoms with E-state index in [9.17, 15) is 4.79 Å². The third-order valence-electron chi connectivity index (χ3n) is 5.42. The molecule has 5 heteroatoms. The van der Waals surface area contributed by atoms with E-state index in [1.165, 1.54) is 5.56 Å². The van der Waals surface area contributed by atoms with E-state index in [1.54, 1.807) is 6.20 Å². The molecule has 0 radical (unpaired) electrons. The van der Waals surface area contributed by atoms with Gasteiger partial charge in [0.15, 0.2) is 0 Å². The van der Waals surface area contributed by atoms with Crippen molar-refractivity contribution in [2.45, 2.75) is 13.0 Å². The predicted molar refractivity (Wildman–Crippen MR) is 124 cm³/mol. The van der Waals surface area contributed by atoms with Crippen LogP contribution in [0.25, 0.3) is 5.70 Å². The Morgan fingerprint density at radius 3 is 2.32 bits per heavy atom. The zero-order valence-corrected chi connectivity index (χ0v) is 17.1. The standard InChI is InChI=1S/C26H22N4O/c1-18-12-14-20(15-13-18)24-16-23(19-8-4-2-5-9-19)29-25-22(17-27-30(24)25)26(31)28-21-10-6-3-7-11-21/h2-17,24,29H,1H3,(H,28,31)/t24-/m0/s1. The highest BCUT2D eigenvalue weighted by Gasteiger charge is 2.27. The van der Waals surface area contributed by atoms with Crippen molar-refractivity contribution in [1.29, 1.82) is 0 Å². The summed E-state index contributed by atoms with van der Waals surface area (Å²) in [6, 6.07) is 27.9. The van der Waals surface area contributed by atoms with Crippen molar-refractivity contribution in [3.63, 3.8) is 0 Å².